The number of ether oxygens (including phenoxy) is 2. The molecule has 0 radical (unpaired) electrons. The van der Waals surface area contributed by atoms with Gasteiger partial charge in [-0.1, -0.05) is 6.08 Å². The zero-order chi connectivity index (χ0) is 17.6. The fourth-order valence-corrected chi connectivity index (χ4v) is 2.70. The lowest BCUT2D eigenvalue weighted by Crippen LogP contribution is -2.49. The zero-order valence-corrected chi connectivity index (χ0v) is 15.1. The first-order valence-electron chi connectivity index (χ1n) is 8.50. The van der Waals surface area contributed by atoms with Crippen LogP contribution in [0.3, 0.4) is 0 Å². The van der Waals surface area contributed by atoms with Crippen LogP contribution in [0.5, 0.6) is 5.75 Å². The van der Waals surface area contributed by atoms with Gasteiger partial charge >= 0.3 is 0 Å². The summed E-state index contributed by atoms with van der Waals surface area (Å²) in [5.41, 5.74) is 0.820. The van der Waals surface area contributed by atoms with Gasteiger partial charge < -0.3 is 19.5 Å². The van der Waals surface area contributed by atoms with Crippen molar-refractivity contribution >= 4 is 5.69 Å². The standard InChI is InChI=1S/C19H30N2O3/c1-5-19(2,3)24-15-17(22)14-20-10-12-21(13-11-20)16-6-8-18(23-4)9-7-16/h5-9,17,22H,1,10-15H2,2-4H3/t17-/m1/s1. The van der Waals surface area contributed by atoms with Gasteiger partial charge in [-0.15, -0.1) is 6.58 Å². The Kier molecular flexibility index (Phi) is 6.66. The Bertz CT molecular complexity index is 508. The molecule has 1 atom stereocenters. The van der Waals surface area contributed by atoms with E-state index in [9.17, 15) is 5.11 Å². The average molecular weight is 334 g/mol. The van der Waals surface area contributed by atoms with Crippen LogP contribution in [0.15, 0.2) is 36.9 Å². The lowest BCUT2D eigenvalue weighted by molar-refractivity contribution is -0.0420. The molecule has 1 aliphatic rings. The minimum Gasteiger partial charge on any atom is -0.497 e. The second-order valence-electron chi connectivity index (χ2n) is 6.76. The molecule has 2 rings (SSSR count). The predicted octanol–water partition coefficient (Wildman–Crippen LogP) is 2.16. The van der Waals surface area contributed by atoms with E-state index in [4.69, 9.17) is 9.47 Å². The van der Waals surface area contributed by atoms with Crippen LogP contribution in [-0.4, -0.2) is 68.2 Å². The number of aliphatic hydroxyl groups excluding tert-OH is 1. The van der Waals surface area contributed by atoms with Crippen molar-refractivity contribution in [2.45, 2.75) is 25.6 Å². The number of β-amino-alcohol motifs (C(OH)–C–C–N with tert-alkyl or cyclic N) is 1. The van der Waals surface area contributed by atoms with Crippen LogP contribution in [-0.2, 0) is 4.74 Å². The van der Waals surface area contributed by atoms with Gasteiger partial charge in [0.25, 0.3) is 0 Å². The van der Waals surface area contributed by atoms with Gasteiger partial charge in [0.15, 0.2) is 0 Å². The van der Waals surface area contributed by atoms with E-state index in [0.717, 1.165) is 31.9 Å². The predicted molar refractivity (Wildman–Crippen MR) is 97.9 cm³/mol. The number of piperazine rings is 1. The highest BCUT2D eigenvalue weighted by Gasteiger charge is 2.21. The molecule has 24 heavy (non-hydrogen) atoms. The van der Waals surface area contributed by atoms with Crippen LogP contribution in [0.2, 0.25) is 0 Å². The number of aliphatic hydroxyl groups is 1. The average Bonchev–Trinajstić information content (AvgIpc) is 2.61. The number of methoxy groups -OCH3 is 1. The number of nitrogens with zero attached hydrogens (tertiary/aromatic N) is 2. The largest absolute Gasteiger partial charge is 0.497 e. The summed E-state index contributed by atoms with van der Waals surface area (Å²) in [4.78, 5) is 4.65. The van der Waals surface area contributed by atoms with Gasteiger partial charge in [-0.25, -0.2) is 0 Å². The molecule has 0 aromatic heterocycles. The minimum atomic E-state index is -0.475. The summed E-state index contributed by atoms with van der Waals surface area (Å²) in [5.74, 6) is 0.878. The van der Waals surface area contributed by atoms with Crippen molar-refractivity contribution in [1.29, 1.82) is 0 Å². The molecular formula is C19H30N2O3. The van der Waals surface area contributed by atoms with E-state index in [0.29, 0.717) is 13.2 Å². The van der Waals surface area contributed by atoms with Crippen molar-refractivity contribution in [3.8, 4) is 5.75 Å². The molecular weight excluding hydrogens is 304 g/mol. The summed E-state index contributed by atoms with van der Waals surface area (Å²) in [6.07, 6.45) is 1.28. The molecule has 1 N–H and O–H groups in total. The van der Waals surface area contributed by atoms with Crippen LogP contribution in [0.25, 0.3) is 0 Å². The molecule has 1 aromatic rings. The van der Waals surface area contributed by atoms with Crippen molar-refractivity contribution in [2.24, 2.45) is 0 Å². The number of hydrogen-bond acceptors (Lipinski definition) is 5. The van der Waals surface area contributed by atoms with Crippen molar-refractivity contribution in [3.05, 3.63) is 36.9 Å². The Hall–Kier alpha value is -1.56. The molecule has 134 valence electrons. The van der Waals surface area contributed by atoms with Crippen molar-refractivity contribution < 1.29 is 14.6 Å². The lowest BCUT2D eigenvalue weighted by Gasteiger charge is -2.37. The van der Waals surface area contributed by atoms with E-state index in [1.807, 2.05) is 26.0 Å². The molecule has 1 fully saturated rings. The van der Waals surface area contributed by atoms with Gasteiger partial charge in [-0.05, 0) is 38.1 Å². The molecule has 0 unspecified atom stereocenters. The first kappa shape index (κ1) is 18.8. The monoisotopic (exact) mass is 334 g/mol. The topological polar surface area (TPSA) is 45.2 Å². The summed E-state index contributed by atoms with van der Waals surface area (Å²) in [7, 11) is 1.68. The minimum absolute atomic E-state index is 0.331. The highest BCUT2D eigenvalue weighted by Crippen LogP contribution is 2.20. The maximum atomic E-state index is 10.2. The van der Waals surface area contributed by atoms with Crippen molar-refractivity contribution in [2.75, 3.05) is 51.3 Å². The van der Waals surface area contributed by atoms with Crippen LogP contribution in [0.1, 0.15) is 13.8 Å². The van der Waals surface area contributed by atoms with E-state index in [1.54, 1.807) is 13.2 Å². The van der Waals surface area contributed by atoms with E-state index in [1.165, 1.54) is 5.69 Å². The third-order valence-corrected chi connectivity index (χ3v) is 4.42. The summed E-state index contributed by atoms with van der Waals surface area (Å²) in [6.45, 7) is 12.4. The van der Waals surface area contributed by atoms with E-state index in [-0.39, 0.29) is 0 Å². The number of anilines is 1. The second-order valence-corrected chi connectivity index (χ2v) is 6.76. The van der Waals surface area contributed by atoms with E-state index < -0.39 is 11.7 Å². The first-order chi connectivity index (χ1) is 11.4. The highest BCUT2D eigenvalue weighted by atomic mass is 16.5. The van der Waals surface area contributed by atoms with Crippen LogP contribution in [0.4, 0.5) is 5.69 Å². The number of benzene rings is 1. The molecule has 1 aromatic carbocycles. The van der Waals surface area contributed by atoms with E-state index >= 15 is 0 Å². The highest BCUT2D eigenvalue weighted by molar-refractivity contribution is 5.49. The Labute approximate surface area is 145 Å². The second kappa shape index (κ2) is 8.51. The van der Waals surface area contributed by atoms with Gasteiger partial charge in [-0.2, -0.15) is 0 Å². The molecule has 0 aliphatic carbocycles. The molecule has 0 spiro atoms. The molecule has 1 aliphatic heterocycles. The lowest BCUT2D eigenvalue weighted by atomic mass is 10.1. The fourth-order valence-electron chi connectivity index (χ4n) is 2.70. The maximum absolute atomic E-state index is 10.2. The fraction of sp³-hybridized carbons (Fsp3) is 0.579. The summed E-state index contributed by atoms with van der Waals surface area (Å²) in [5, 5.41) is 10.2. The SMILES string of the molecule is C=CC(C)(C)OC[C@H](O)CN1CCN(c2ccc(OC)cc2)CC1. The van der Waals surface area contributed by atoms with Crippen molar-refractivity contribution in [1.82, 2.24) is 4.90 Å². The Morgan fingerprint density at radius 3 is 2.38 bits per heavy atom. The summed E-state index contributed by atoms with van der Waals surface area (Å²) < 4.78 is 10.9. The van der Waals surface area contributed by atoms with E-state index in [2.05, 4.69) is 28.5 Å². The third kappa shape index (κ3) is 5.51. The van der Waals surface area contributed by atoms with Crippen LogP contribution >= 0.6 is 0 Å². The van der Waals surface area contributed by atoms with Gasteiger partial charge in [0.2, 0.25) is 0 Å². The smallest absolute Gasteiger partial charge is 0.119 e. The quantitative estimate of drug-likeness (QED) is 0.738. The maximum Gasteiger partial charge on any atom is 0.119 e. The molecule has 5 nitrogen and oxygen atoms in total. The Morgan fingerprint density at radius 1 is 1.21 bits per heavy atom. The van der Waals surface area contributed by atoms with Gasteiger partial charge in [0, 0.05) is 38.4 Å². The summed E-state index contributed by atoms with van der Waals surface area (Å²) >= 11 is 0. The summed E-state index contributed by atoms with van der Waals surface area (Å²) in [6, 6.07) is 8.16. The molecule has 0 saturated carbocycles. The number of hydrogen-bond donors (Lipinski definition) is 1. The molecule has 1 heterocycles. The molecule has 5 heteroatoms. The van der Waals surface area contributed by atoms with Crippen LogP contribution in [0, 0.1) is 0 Å². The van der Waals surface area contributed by atoms with Gasteiger partial charge in [-0.3, -0.25) is 4.90 Å². The van der Waals surface area contributed by atoms with Crippen LogP contribution < -0.4 is 9.64 Å². The van der Waals surface area contributed by atoms with Gasteiger partial charge in [0.1, 0.15) is 5.75 Å². The molecule has 0 amide bonds. The molecule has 1 saturated heterocycles. The van der Waals surface area contributed by atoms with Gasteiger partial charge in [0.05, 0.1) is 25.4 Å². The van der Waals surface area contributed by atoms with Crippen molar-refractivity contribution in [3.63, 3.8) is 0 Å². The molecule has 0 bridgehead atoms. The third-order valence-electron chi connectivity index (χ3n) is 4.42. The normalized spacial score (nSPS) is 17.6. The number of rotatable bonds is 8. The first-order valence-corrected chi connectivity index (χ1v) is 8.50. The Morgan fingerprint density at radius 2 is 1.83 bits per heavy atom. The Balaban J connectivity index is 1.74. The zero-order valence-electron chi connectivity index (χ0n) is 15.1.